The van der Waals surface area contributed by atoms with E-state index < -0.39 is 0 Å². The summed E-state index contributed by atoms with van der Waals surface area (Å²) in [4.78, 5) is 12.0. The van der Waals surface area contributed by atoms with E-state index >= 15 is 0 Å². The van der Waals surface area contributed by atoms with Crippen LogP contribution in [0.2, 0.25) is 5.02 Å². The molecule has 2 nitrogen and oxygen atoms in total. The predicted octanol–water partition coefficient (Wildman–Crippen LogP) is 4.80. The van der Waals surface area contributed by atoms with E-state index in [1.165, 1.54) is 18.2 Å². The summed E-state index contributed by atoms with van der Waals surface area (Å²) in [5, 5.41) is 3.32. The first-order valence-corrected chi connectivity index (χ1v) is 6.67. The number of hydrogen-bond acceptors (Lipinski definition) is 1. The molecule has 0 aliphatic carbocycles. The normalized spacial score (nSPS) is 10.3. The van der Waals surface area contributed by atoms with Crippen molar-refractivity contribution in [3.05, 3.63) is 62.8 Å². The average molecular weight is 343 g/mol. The molecule has 1 N–H and O–H groups in total. The SMILES string of the molecule is Cc1cc(C(=O)Nc2ccc(F)cc2Br)ccc1Cl. The Morgan fingerprint density at radius 2 is 2.00 bits per heavy atom. The van der Waals surface area contributed by atoms with Gasteiger partial charge >= 0.3 is 0 Å². The summed E-state index contributed by atoms with van der Waals surface area (Å²) >= 11 is 9.11. The summed E-state index contributed by atoms with van der Waals surface area (Å²) < 4.78 is 13.4. The molecule has 0 radical (unpaired) electrons. The van der Waals surface area contributed by atoms with Crippen LogP contribution in [0.3, 0.4) is 0 Å². The standard InChI is InChI=1S/C14H10BrClFNO/c1-8-6-9(2-4-12(8)16)14(19)18-13-5-3-10(17)7-11(13)15/h2-7H,1H3,(H,18,19). The molecule has 0 fully saturated rings. The monoisotopic (exact) mass is 341 g/mol. The first kappa shape index (κ1) is 14.0. The first-order valence-electron chi connectivity index (χ1n) is 5.50. The van der Waals surface area contributed by atoms with Crippen molar-refractivity contribution in [3.63, 3.8) is 0 Å². The minimum absolute atomic E-state index is 0.271. The molecule has 0 saturated heterocycles. The van der Waals surface area contributed by atoms with Gasteiger partial charge in [0.05, 0.1) is 5.69 Å². The topological polar surface area (TPSA) is 29.1 Å². The highest BCUT2D eigenvalue weighted by atomic mass is 79.9. The van der Waals surface area contributed by atoms with E-state index in [0.717, 1.165) is 5.56 Å². The third-order valence-electron chi connectivity index (χ3n) is 2.60. The molecule has 2 aromatic rings. The van der Waals surface area contributed by atoms with E-state index in [4.69, 9.17) is 11.6 Å². The number of hydrogen-bond donors (Lipinski definition) is 1. The number of aryl methyl sites for hydroxylation is 1. The molecule has 1 amide bonds. The molecular formula is C14H10BrClFNO. The lowest BCUT2D eigenvalue weighted by molar-refractivity contribution is 0.102. The summed E-state index contributed by atoms with van der Waals surface area (Å²) in [6.07, 6.45) is 0. The van der Waals surface area contributed by atoms with Crippen LogP contribution in [0.1, 0.15) is 15.9 Å². The molecule has 0 aliphatic rings. The Bertz CT molecular complexity index is 645. The summed E-state index contributed by atoms with van der Waals surface area (Å²) in [5.74, 6) is -0.640. The number of halogens is 3. The zero-order valence-corrected chi connectivity index (χ0v) is 12.3. The fourth-order valence-electron chi connectivity index (χ4n) is 1.57. The smallest absolute Gasteiger partial charge is 0.255 e. The van der Waals surface area contributed by atoms with Crippen LogP contribution >= 0.6 is 27.5 Å². The number of rotatable bonds is 2. The Hall–Kier alpha value is -1.39. The van der Waals surface area contributed by atoms with E-state index in [0.29, 0.717) is 20.7 Å². The number of benzene rings is 2. The Kier molecular flexibility index (Phi) is 4.22. The van der Waals surface area contributed by atoms with Crippen molar-refractivity contribution in [2.45, 2.75) is 6.92 Å². The van der Waals surface area contributed by atoms with E-state index in [9.17, 15) is 9.18 Å². The van der Waals surface area contributed by atoms with Crippen molar-refractivity contribution in [1.82, 2.24) is 0 Å². The van der Waals surface area contributed by atoms with Gasteiger partial charge < -0.3 is 5.32 Å². The van der Waals surface area contributed by atoms with Crippen molar-refractivity contribution < 1.29 is 9.18 Å². The minimum atomic E-state index is -0.368. The molecule has 0 bridgehead atoms. The number of anilines is 1. The third-order valence-corrected chi connectivity index (χ3v) is 3.68. The van der Waals surface area contributed by atoms with E-state index in [2.05, 4.69) is 21.2 Å². The summed E-state index contributed by atoms with van der Waals surface area (Å²) in [5.41, 5.74) is 1.84. The van der Waals surface area contributed by atoms with Crippen molar-refractivity contribution in [2.24, 2.45) is 0 Å². The maximum absolute atomic E-state index is 12.9. The Morgan fingerprint density at radius 1 is 1.26 bits per heavy atom. The average Bonchev–Trinajstić information content (AvgIpc) is 2.36. The van der Waals surface area contributed by atoms with Gasteiger partial charge in [0.25, 0.3) is 5.91 Å². The van der Waals surface area contributed by atoms with Crippen LogP contribution < -0.4 is 5.32 Å². The molecule has 0 aliphatic heterocycles. The molecule has 2 aromatic carbocycles. The Balaban J connectivity index is 2.23. The molecule has 2 rings (SSSR count). The van der Waals surface area contributed by atoms with Crippen LogP contribution in [0.25, 0.3) is 0 Å². The number of carbonyl (C=O) groups excluding carboxylic acids is 1. The van der Waals surface area contributed by atoms with Gasteiger partial charge in [0, 0.05) is 15.1 Å². The van der Waals surface area contributed by atoms with Crippen molar-refractivity contribution in [1.29, 1.82) is 0 Å². The Morgan fingerprint density at radius 3 is 2.63 bits per heavy atom. The fourth-order valence-corrected chi connectivity index (χ4v) is 2.14. The second-order valence-corrected chi connectivity index (χ2v) is 5.30. The summed E-state index contributed by atoms with van der Waals surface area (Å²) in [7, 11) is 0. The van der Waals surface area contributed by atoms with Crippen LogP contribution in [-0.4, -0.2) is 5.91 Å². The van der Waals surface area contributed by atoms with Crippen LogP contribution in [-0.2, 0) is 0 Å². The van der Waals surface area contributed by atoms with Gasteiger partial charge in [-0.15, -0.1) is 0 Å². The zero-order valence-electron chi connectivity index (χ0n) is 10.0. The highest BCUT2D eigenvalue weighted by Gasteiger charge is 2.10. The number of amides is 1. The molecular weight excluding hydrogens is 333 g/mol. The van der Waals surface area contributed by atoms with Crippen LogP contribution in [0.4, 0.5) is 10.1 Å². The van der Waals surface area contributed by atoms with E-state index in [1.807, 2.05) is 6.92 Å². The van der Waals surface area contributed by atoms with E-state index in [1.54, 1.807) is 18.2 Å². The number of nitrogens with one attached hydrogen (secondary N) is 1. The highest BCUT2D eigenvalue weighted by molar-refractivity contribution is 9.10. The quantitative estimate of drug-likeness (QED) is 0.834. The predicted molar refractivity (Wildman–Crippen MR) is 78.2 cm³/mol. The Labute approximate surface area is 123 Å². The maximum Gasteiger partial charge on any atom is 0.255 e. The largest absolute Gasteiger partial charge is 0.321 e. The van der Waals surface area contributed by atoms with Crippen LogP contribution in [0.15, 0.2) is 40.9 Å². The van der Waals surface area contributed by atoms with Gasteiger partial charge in [-0.1, -0.05) is 11.6 Å². The molecule has 0 atom stereocenters. The van der Waals surface area contributed by atoms with Crippen LogP contribution in [0.5, 0.6) is 0 Å². The van der Waals surface area contributed by atoms with Gasteiger partial charge in [0.2, 0.25) is 0 Å². The van der Waals surface area contributed by atoms with Gasteiger partial charge in [-0.05, 0) is 64.8 Å². The summed E-state index contributed by atoms with van der Waals surface area (Å²) in [6.45, 7) is 1.83. The molecule has 0 unspecified atom stereocenters. The molecule has 0 saturated carbocycles. The van der Waals surface area contributed by atoms with Gasteiger partial charge in [-0.25, -0.2) is 4.39 Å². The molecule has 0 aromatic heterocycles. The van der Waals surface area contributed by atoms with Gasteiger partial charge in [0.15, 0.2) is 0 Å². The molecule has 0 spiro atoms. The molecule has 0 heterocycles. The van der Waals surface area contributed by atoms with Crippen molar-refractivity contribution in [2.75, 3.05) is 5.32 Å². The molecule has 98 valence electrons. The lowest BCUT2D eigenvalue weighted by Crippen LogP contribution is -2.12. The zero-order chi connectivity index (χ0) is 14.0. The maximum atomic E-state index is 12.9. The fraction of sp³-hybridized carbons (Fsp3) is 0.0714. The second kappa shape index (κ2) is 5.72. The van der Waals surface area contributed by atoms with Gasteiger partial charge in [0.1, 0.15) is 5.82 Å². The first-order chi connectivity index (χ1) is 8.97. The van der Waals surface area contributed by atoms with Crippen molar-refractivity contribution in [3.8, 4) is 0 Å². The van der Waals surface area contributed by atoms with Crippen LogP contribution in [0, 0.1) is 12.7 Å². The van der Waals surface area contributed by atoms with E-state index in [-0.39, 0.29) is 11.7 Å². The highest BCUT2D eigenvalue weighted by Crippen LogP contribution is 2.24. The van der Waals surface area contributed by atoms with Gasteiger partial charge in [-0.2, -0.15) is 0 Å². The minimum Gasteiger partial charge on any atom is -0.321 e. The molecule has 5 heteroatoms. The molecule has 19 heavy (non-hydrogen) atoms. The lowest BCUT2D eigenvalue weighted by Gasteiger charge is -2.08. The third kappa shape index (κ3) is 3.33. The number of carbonyl (C=O) groups is 1. The second-order valence-electron chi connectivity index (χ2n) is 4.04. The summed E-state index contributed by atoms with van der Waals surface area (Å²) in [6, 6.07) is 9.10. The van der Waals surface area contributed by atoms with Gasteiger partial charge in [-0.3, -0.25) is 4.79 Å². The van der Waals surface area contributed by atoms with Crippen molar-refractivity contribution >= 4 is 39.1 Å². The lowest BCUT2D eigenvalue weighted by atomic mass is 10.1.